The molecule has 0 fully saturated rings. The molecule has 0 radical (unpaired) electrons. The Morgan fingerprint density at radius 1 is 1.25 bits per heavy atom. The molecule has 1 unspecified atom stereocenters. The van der Waals surface area contributed by atoms with Crippen molar-refractivity contribution in [3.05, 3.63) is 64.2 Å². The van der Waals surface area contributed by atoms with E-state index in [9.17, 15) is 4.79 Å². The van der Waals surface area contributed by atoms with Crippen molar-refractivity contribution >= 4 is 23.2 Å². The van der Waals surface area contributed by atoms with Crippen LogP contribution in [0.1, 0.15) is 22.7 Å². The molecule has 1 aliphatic rings. The van der Waals surface area contributed by atoms with Crippen molar-refractivity contribution in [3.8, 4) is 0 Å². The molecule has 0 bridgehead atoms. The van der Waals surface area contributed by atoms with E-state index in [4.69, 9.17) is 17.3 Å². The maximum Gasteiger partial charge on any atom is 0.228 e. The zero-order valence-electron chi connectivity index (χ0n) is 10.9. The Hall–Kier alpha value is -1.84. The molecule has 20 heavy (non-hydrogen) atoms. The quantitative estimate of drug-likeness (QED) is 0.911. The van der Waals surface area contributed by atoms with Crippen LogP contribution in [0.25, 0.3) is 0 Å². The Balaban J connectivity index is 1.82. The fourth-order valence-corrected chi connectivity index (χ4v) is 2.71. The molecule has 0 aromatic heterocycles. The first-order valence-electron chi connectivity index (χ1n) is 6.55. The van der Waals surface area contributed by atoms with E-state index in [0.29, 0.717) is 12.8 Å². The molecule has 2 aromatic carbocycles. The van der Waals surface area contributed by atoms with Gasteiger partial charge in [-0.3, -0.25) is 4.79 Å². The average Bonchev–Trinajstić information content (AvgIpc) is 2.80. The average molecular weight is 287 g/mol. The van der Waals surface area contributed by atoms with Gasteiger partial charge in [-0.1, -0.05) is 41.9 Å². The van der Waals surface area contributed by atoms with E-state index in [1.165, 1.54) is 0 Å². The predicted octanol–water partition coefficient (Wildman–Crippen LogP) is 3.08. The molecule has 0 spiro atoms. The highest BCUT2D eigenvalue weighted by molar-refractivity contribution is 6.31. The topological polar surface area (TPSA) is 55.1 Å². The van der Waals surface area contributed by atoms with Crippen molar-refractivity contribution in [3.63, 3.8) is 0 Å². The number of carbonyl (C=O) groups is 1. The molecule has 4 heteroatoms. The number of hydrogen-bond acceptors (Lipinski definition) is 2. The SMILES string of the molecule is NC(Cc1ccccc1Cl)c1ccc2c(c1)CC(=O)N2. The van der Waals surface area contributed by atoms with Crippen LogP contribution in [0.15, 0.2) is 42.5 Å². The van der Waals surface area contributed by atoms with Crippen LogP contribution in [0.5, 0.6) is 0 Å². The summed E-state index contributed by atoms with van der Waals surface area (Å²) in [5, 5.41) is 3.56. The third-order valence-corrected chi connectivity index (χ3v) is 3.95. The summed E-state index contributed by atoms with van der Waals surface area (Å²) in [5.74, 6) is 0.0387. The molecule has 102 valence electrons. The van der Waals surface area contributed by atoms with E-state index in [2.05, 4.69) is 5.32 Å². The van der Waals surface area contributed by atoms with Crippen LogP contribution in [-0.4, -0.2) is 5.91 Å². The fraction of sp³-hybridized carbons (Fsp3) is 0.188. The fourth-order valence-electron chi connectivity index (χ4n) is 2.50. The van der Waals surface area contributed by atoms with Crippen molar-refractivity contribution in [2.24, 2.45) is 5.73 Å². The van der Waals surface area contributed by atoms with Crippen LogP contribution in [-0.2, 0) is 17.6 Å². The number of anilines is 1. The lowest BCUT2D eigenvalue weighted by atomic mass is 9.97. The van der Waals surface area contributed by atoms with Crippen LogP contribution in [0.2, 0.25) is 5.02 Å². The number of nitrogens with two attached hydrogens (primary N) is 1. The first-order valence-corrected chi connectivity index (χ1v) is 6.93. The molecule has 3 rings (SSSR count). The molecule has 3 N–H and O–H groups in total. The second-order valence-corrected chi connectivity index (χ2v) is 5.45. The normalized spacial score (nSPS) is 14.8. The molecule has 3 nitrogen and oxygen atoms in total. The Morgan fingerprint density at radius 2 is 2.05 bits per heavy atom. The van der Waals surface area contributed by atoms with Crippen molar-refractivity contribution in [1.82, 2.24) is 0 Å². The van der Waals surface area contributed by atoms with Gasteiger partial charge in [-0.2, -0.15) is 0 Å². The summed E-state index contributed by atoms with van der Waals surface area (Å²) in [4.78, 5) is 11.4. The van der Waals surface area contributed by atoms with Gasteiger partial charge in [0.05, 0.1) is 6.42 Å². The highest BCUT2D eigenvalue weighted by Gasteiger charge is 2.19. The lowest BCUT2D eigenvalue weighted by molar-refractivity contribution is -0.115. The van der Waals surface area contributed by atoms with E-state index in [0.717, 1.165) is 27.4 Å². The van der Waals surface area contributed by atoms with Crippen molar-refractivity contribution in [2.45, 2.75) is 18.9 Å². The minimum absolute atomic E-state index is 0.0387. The number of nitrogens with one attached hydrogen (secondary N) is 1. The molecule has 0 saturated heterocycles. The standard InChI is InChI=1S/C16H15ClN2O/c17-13-4-2-1-3-10(13)8-14(18)11-5-6-15-12(7-11)9-16(20)19-15/h1-7,14H,8-9,18H2,(H,19,20). The van der Waals surface area contributed by atoms with Crippen molar-refractivity contribution in [1.29, 1.82) is 0 Å². The van der Waals surface area contributed by atoms with Gasteiger partial charge < -0.3 is 11.1 Å². The number of amides is 1. The van der Waals surface area contributed by atoms with Gasteiger partial charge in [0, 0.05) is 16.8 Å². The number of carbonyl (C=O) groups excluding carboxylic acids is 1. The lowest BCUT2D eigenvalue weighted by Gasteiger charge is -2.14. The molecular formula is C16H15ClN2O. The summed E-state index contributed by atoms with van der Waals surface area (Å²) in [6.07, 6.45) is 1.11. The highest BCUT2D eigenvalue weighted by atomic mass is 35.5. The zero-order valence-corrected chi connectivity index (χ0v) is 11.7. The Bertz CT molecular complexity index is 669. The minimum atomic E-state index is -0.129. The third kappa shape index (κ3) is 2.55. The molecule has 1 heterocycles. The van der Waals surface area contributed by atoms with Crippen molar-refractivity contribution in [2.75, 3.05) is 5.32 Å². The largest absolute Gasteiger partial charge is 0.326 e. The zero-order chi connectivity index (χ0) is 14.1. The number of rotatable bonds is 3. The summed E-state index contributed by atoms with van der Waals surface area (Å²) in [6.45, 7) is 0. The van der Waals surface area contributed by atoms with Gasteiger partial charge in [0.15, 0.2) is 0 Å². The number of fused-ring (bicyclic) bond motifs is 1. The Kier molecular flexibility index (Phi) is 3.47. The second-order valence-electron chi connectivity index (χ2n) is 5.04. The summed E-state index contributed by atoms with van der Waals surface area (Å²) in [5.41, 5.74) is 10.2. The van der Waals surface area contributed by atoms with Gasteiger partial charge in [-0.05, 0) is 35.2 Å². The molecular weight excluding hydrogens is 272 g/mol. The van der Waals surface area contributed by atoms with Crippen LogP contribution in [0.4, 0.5) is 5.69 Å². The van der Waals surface area contributed by atoms with Gasteiger partial charge >= 0.3 is 0 Å². The first-order chi connectivity index (χ1) is 9.63. The monoisotopic (exact) mass is 286 g/mol. The molecule has 2 aromatic rings. The Morgan fingerprint density at radius 3 is 2.85 bits per heavy atom. The molecule has 1 aliphatic heterocycles. The van der Waals surface area contributed by atoms with Crippen molar-refractivity contribution < 1.29 is 4.79 Å². The minimum Gasteiger partial charge on any atom is -0.326 e. The molecule has 0 aliphatic carbocycles. The third-order valence-electron chi connectivity index (χ3n) is 3.58. The molecule has 0 saturated carbocycles. The van der Waals surface area contributed by atoms with E-state index in [-0.39, 0.29) is 11.9 Å². The predicted molar refractivity (Wildman–Crippen MR) is 80.9 cm³/mol. The highest BCUT2D eigenvalue weighted by Crippen LogP contribution is 2.28. The molecule has 1 amide bonds. The van der Waals surface area contributed by atoms with Gasteiger partial charge in [0.1, 0.15) is 0 Å². The van der Waals surface area contributed by atoms with E-state index in [1.54, 1.807) is 0 Å². The summed E-state index contributed by atoms with van der Waals surface area (Å²) in [7, 11) is 0. The van der Waals surface area contributed by atoms with Crippen LogP contribution < -0.4 is 11.1 Å². The van der Waals surface area contributed by atoms with Gasteiger partial charge in [0.25, 0.3) is 0 Å². The maximum atomic E-state index is 11.4. The lowest BCUT2D eigenvalue weighted by Crippen LogP contribution is -2.13. The smallest absolute Gasteiger partial charge is 0.228 e. The van der Waals surface area contributed by atoms with E-state index in [1.807, 2.05) is 42.5 Å². The summed E-state index contributed by atoms with van der Waals surface area (Å²) in [6, 6.07) is 13.5. The van der Waals surface area contributed by atoms with Gasteiger partial charge in [-0.25, -0.2) is 0 Å². The van der Waals surface area contributed by atoms with E-state index >= 15 is 0 Å². The van der Waals surface area contributed by atoms with E-state index < -0.39 is 0 Å². The molecule has 1 atom stereocenters. The summed E-state index contributed by atoms with van der Waals surface area (Å²) < 4.78 is 0. The Labute approximate surface area is 122 Å². The maximum absolute atomic E-state index is 11.4. The van der Waals surface area contributed by atoms with Crippen LogP contribution in [0.3, 0.4) is 0 Å². The van der Waals surface area contributed by atoms with Crippen LogP contribution in [0, 0.1) is 0 Å². The first kappa shape index (κ1) is 13.2. The van der Waals surface area contributed by atoms with Gasteiger partial charge in [0.2, 0.25) is 5.91 Å². The number of halogens is 1. The van der Waals surface area contributed by atoms with Crippen LogP contribution >= 0.6 is 11.6 Å². The summed E-state index contributed by atoms with van der Waals surface area (Å²) >= 11 is 6.16. The number of hydrogen-bond donors (Lipinski definition) is 2. The number of benzene rings is 2. The van der Waals surface area contributed by atoms with Gasteiger partial charge in [-0.15, -0.1) is 0 Å². The second kappa shape index (κ2) is 5.27.